The molecule has 2 rings (SSSR count). The number of hydrogen-bond acceptors (Lipinski definition) is 3. The van der Waals surface area contributed by atoms with Gasteiger partial charge in [0, 0.05) is 20.9 Å². The van der Waals surface area contributed by atoms with Crippen LogP contribution >= 0.6 is 34.2 Å². The number of halogens is 2. The molecule has 0 aliphatic heterocycles. The summed E-state index contributed by atoms with van der Waals surface area (Å²) in [4.78, 5) is 22.4. The lowest BCUT2D eigenvalue weighted by atomic mass is 10.1. The van der Waals surface area contributed by atoms with Gasteiger partial charge < -0.3 is 5.32 Å². The van der Waals surface area contributed by atoms with Crippen LogP contribution in [0.5, 0.6) is 0 Å². The summed E-state index contributed by atoms with van der Waals surface area (Å²) >= 11 is 7.97. The highest BCUT2D eigenvalue weighted by molar-refractivity contribution is 14.1. The van der Waals surface area contributed by atoms with E-state index in [4.69, 9.17) is 11.6 Å². The Labute approximate surface area is 139 Å². The van der Waals surface area contributed by atoms with Crippen LogP contribution in [0, 0.1) is 20.6 Å². The maximum atomic E-state index is 12.2. The Hall–Kier alpha value is -1.67. The fraction of sp³-hybridized carbons (Fsp3) is 0.0714. The average molecular weight is 417 g/mol. The van der Waals surface area contributed by atoms with Crippen molar-refractivity contribution >= 4 is 51.5 Å². The Morgan fingerprint density at radius 1 is 1.33 bits per heavy atom. The maximum Gasteiger partial charge on any atom is 0.288 e. The first-order valence-electron chi connectivity index (χ1n) is 5.90. The molecule has 5 nitrogen and oxygen atoms in total. The summed E-state index contributed by atoms with van der Waals surface area (Å²) in [6, 6.07) is 9.84. The molecule has 2 aromatic rings. The standard InChI is InChI=1S/C14H10ClIN2O3/c1-8-5-13(18(20)21)11(15)7-12(8)17-14(19)9-3-2-4-10(16)6-9/h2-7H,1H3,(H,17,19). The number of hydrogen-bond donors (Lipinski definition) is 1. The Kier molecular flexibility index (Phi) is 4.79. The van der Waals surface area contributed by atoms with Gasteiger partial charge in [0.15, 0.2) is 0 Å². The number of benzene rings is 2. The number of nitro groups is 1. The van der Waals surface area contributed by atoms with E-state index in [0.29, 0.717) is 16.8 Å². The first-order chi connectivity index (χ1) is 9.88. The minimum Gasteiger partial charge on any atom is -0.322 e. The van der Waals surface area contributed by atoms with Gasteiger partial charge in [-0.2, -0.15) is 0 Å². The summed E-state index contributed by atoms with van der Waals surface area (Å²) < 4.78 is 0.943. The first-order valence-corrected chi connectivity index (χ1v) is 7.35. The highest BCUT2D eigenvalue weighted by atomic mass is 127. The monoisotopic (exact) mass is 416 g/mol. The molecule has 0 atom stereocenters. The predicted octanol–water partition coefficient (Wildman–Crippen LogP) is 4.41. The van der Waals surface area contributed by atoms with Crippen molar-refractivity contribution in [1.82, 2.24) is 0 Å². The zero-order valence-electron chi connectivity index (χ0n) is 10.9. The summed E-state index contributed by atoms with van der Waals surface area (Å²) in [6.07, 6.45) is 0. The number of aryl methyl sites for hydroxylation is 1. The van der Waals surface area contributed by atoms with E-state index in [1.165, 1.54) is 12.1 Å². The van der Waals surface area contributed by atoms with E-state index in [1.54, 1.807) is 25.1 Å². The average Bonchev–Trinajstić information content (AvgIpc) is 2.42. The highest BCUT2D eigenvalue weighted by Crippen LogP contribution is 2.30. The highest BCUT2D eigenvalue weighted by Gasteiger charge is 2.16. The molecule has 0 fully saturated rings. The van der Waals surface area contributed by atoms with Gasteiger partial charge in [-0.25, -0.2) is 0 Å². The molecule has 0 saturated heterocycles. The molecule has 0 bridgehead atoms. The van der Waals surface area contributed by atoms with Crippen molar-refractivity contribution in [1.29, 1.82) is 0 Å². The molecule has 108 valence electrons. The Balaban J connectivity index is 2.30. The van der Waals surface area contributed by atoms with Crippen molar-refractivity contribution < 1.29 is 9.72 Å². The topological polar surface area (TPSA) is 72.2 Å². The van der Waals surface area contributed by atoms with Crippen molar-refractivity contribution in [2.45, 2.75) is 6.92 Å². The van der Waals surface area contributed by atoms with Gasteiger partial charge >= 0.3 is 0 Å². The fourth-order valence-corrected chi connectivity index (χ4v) is 2.54. The number of amides is 1. The van der Waals surface area contributed by atoms with Crippen LogP contribution in [0.2, 0.25) is 5.02 Å². The molecule has 1 amide bonds. The van der Waals surface area contributed by atoms with Crippen molar-refractivity contribution in [2.75, 3.05) is 5.32 Å². The van der Waals surface area contributed by atoms with Gasteiger partial charge in [-0.1, -0.05) is 17.7 Å². The van der Waals surface area contributed by atoms with Crippen LogP contribution in [0.25, 0.3) is 0 Å². The van der Waals surface area contributed by atoms with Gasteiger partial charge in [0.25, 0.3) is 11.6 Å². The van der Waals surface area contributed by atoms with Gasteiger partial charge in [-0.05, 0) is 59.3 Å². The van der Waals surface area contributed by atoms with Crippen molar-refractivity contribution in [3.63, 3.8) is 0 Å². The zero-order chi connectivity index (χ0) is 15.6. The quantitative estimate of drug-likeness (QED) is 0.457. The maximum absolute atomic E-state index is 12.2. The van der Waals surface area contributed by atoms with Crippen LogP contribution in [-0.2, 0) is 0 Å². The number of rotatable bonds is 3. The Bertz CT molecular complexity index is 734. The molecule has 0 radical (unpaired) electrons. The van der Waals surface area contributed by atoms with Gasteiger partial charge in [0.05, 0.1) is 4.92 Å². The van der Waals surface area contributed by atoms with Gasteiger partial charge in [-0.3, -0.25) is 14.9 Å². The third-order valence-electron chi connectivity index (χ3n) is 2.83. The molecule has 0 heterocycles. The number of carbonyl (C=O) groups is 1. The van der Waals surface area contributed by atoms with E-state index in [2.05, 4.69) is 27.9 Å². The molecule has 0 aromatic heterocycles. The number of carbonyl (C=O) groups excluding carboxylic acids is 1. The summed E-state index contributed by atoms with van der Waals surface area (Å²) in [6.45, 7) is 1.67. The molecule has 0 aliphatic carbocycles. The lowest BCUT2D eigenvalue weighted by Crippen LogP contribution is -2.13. The van der Waals surface area contributed by atoms with Crippen molar-refractivity contribution in [3.05, 3.63) is 66.2 Å². The minimum absolute atomic E-state index is 0.0106. The second kappa shape index (κ2) is 6.40. The molecule has 7 heteroatoms. The zero-order valence-corrected chi connectivity index (χ0v) is 13.8. The number of anilines is 1. The third kappa shape index (κ3) is 3.70. The summed E-state index contributed by atoms with van der Waals surface area (Å²) in [5.74, 6) is -0.290. The van der Waals surface area contributed by atoms with Gasteiger partial charge in [0.2, 0.25) is 0 Å². The van der Waals surface area contributed by atoms with E-state index < -0.39 is 4.92 Å². The molecule has 0 aliphatic rings. The summed E-state index contributed by atoms with van der Waals surface area (Å²) in [5, 5.41) is 13.5. The lowest BCUT2D eigenvalue weighted by molar-refractivity contribution is -0.384. The van der Waals surface area contributed by atoms with Crippen LogP contribution < -0.4 is 5.32 Å². The molecular formula is C14H10ClIN2O3. The molecule has 0 saturated carbocycles. The Morgan fingerprint density at radius 3 is 2.67 bits per heavy atom. The van der Waals surface area contributed by atoms with Crippen LogP contribution in [0.15, 0.2) is 36.4 Å². The SMILES string of the molecule is Cc1cc([N+](=O)[O-])c(Cl)cc1NC(=O)c1cccc(I)c1. The predicted molar refractivity (Wildman–Crippen MR) is 90.0 cm³/mol. The summed E-state index contributed by atoms with van der Waals surface area (Å²) in [5.41, 5.74) is 1.36. The second-order valence-corrected chi connectivity index (χ2v) is 5.99. The van der Waals surface area contributed by atoms with E-state index >= 15 is 0 Å². The molecule has 1 N–H and O–H groups in total. The van der Waals surface area contributed by atoms with E-state index in [1.807, 2.05) is 6.07 Å². The second-order valence-electron chi connectivity index (χ2n) is 4.34. The number of nitro benzene ring substituents is 1. The van der Waals surface area contributed by atoms with Crippen LogP contribution in [0.4, 0.5) is 11.4 Å². The van der Waals surface area contributed by atoms with E-state index in [-0.39, 0.29) is 16.6 Å². The largest absolute Gasteiger partial charge is 0.322 e. The minimum atomic E-state index is -0.555. The molecule has 0 spiro atoms. The van der Waals surface area contributed by atoms with E-state index in [9.17, 15) is 14.9 Å². The molecule has 21 heavy (non-hydrogen) atoms. The van der Waals surface area contributed by atoms with Crippen LogP contribution in [0.1, 0.15) is 15.9 Å². The van der Waals surface area contributed by atoms with Crippen LogP contribution in [-0.4, -0.2) is 10.8 Å². The number of nitrogens with one attached hydrogen (secondary N) is 1. The van der Waals surface area contributed by atoms with Crippen molar-refractivity contribution in [2.24, 2.45) is 0 Å². The molecule has 0 unspecified atom stereocenters. The fourth-order valence-electron chi connectivity index (χ4n) is 1.77. The van der Waals surface area contributed by atoms with Gasteiger partial charge in [-0.15, -0.1) is 0 Å². The number of nitrogens with zero attached hydrogens (tertiary/aromatic N) is 1. The normalized spacial score (nSPS) is 10.2. The summed E-state index contributed by atoms with van der Waals surface area (Å²) in [7, 11) is 0. The van der Waals surface area contributed by atoms with E-state index in [0.717, 1.165) is 3.57 Å². The van der Waals surface area contributed by atoms with Crippen molar-refractivity contribution in [3.8, 4) is 0 Å². The first kappa shape index (κ1) is 15.7. The molecular weight excluding hydrogens is 407 g/mol. The smallest absolute Gasteiger partial charge is 0.288 e. The lowest BCUT2D eigenvalue weighted by Gasteiger charge is -2.09. The van der Waals surface area contributed by atoms with Crippen LogP contribution in [0.3, 0.4) is 0 Å². The Morgan fingerprint density at radius 2 is 2.05 bits per heavy atom. The third-order valence-corrected chi connectivity index (χ3v) is 3.80. The van der Waals surface area contributed by atoms with Gasteiger partial charge in [0.1, 0.15) is 5.02 Å². The molecule has 2 aromatic carbocycles.